The summed E-state index contributed by atoms with van der Waals surface area (Å²) in [6.07, 6.45) is 0. The monoisotopic (exact) mass is 477 g/mol. The average Bonchev–Trinajstić information content (AvgIpc) is 2.42. The Morgan fingerprint density at radius 1 is 1.19 bits per heavy atom. The lowest BCUT2D eigenvalue weighted by Crippen LogP contribution is -2.13. The van der Waals surface area contributed by atoms with Crippen LogP contribution in [0.4, 0.5) is 5.69 Å². The van der Waals surface area contributed by atoms with E-state index in [1.165, 1.54) is 13.2 Å². The van der Waals surface area contributed by atoms with Gasteiger partial charge in [0.05, 0.1) is 18.4 Å². The molecule has 0 aliphatic carbocycles. The summed E-state index contributed by atoms with van der Waals surface area (Å²) >= 11 is 10.1. The molecule has 2 aromatic carbocycles. The number of halogens is 3. The van der Waals surface area contributed by atoms with Crippen molar-refractivity contribution in [2.75, 3.05) is 12.4 Å². The van der Waals surface area contributed by atoms with E-state index in [4.69, 9.17) is 4.74 Å². The number of phenolic OH excluding ortho intramolecular Hbond substituents is 1. The number of ether oxygens (including phenoxy) is 1. The quantitative estimate of drug-likeness (QED) is 0.655. The van der Waals surface area contributed by atoms with Gasteiger partial charge in [0.1, 0.15) is 0 Å². The number of benzene rings is 2. The van der Waals surface area contributed by atoms with Gasteiger partial charge in [-0.15, -0.1) is 0 Å². The second kappa shape index (κ2) is 6.81. The van der Waals surface area contributed by atoms with Crippen LogP contribution in [0, 0.1) is 0 Å². The van der Waals surface area contributed by atoms with Crippen molar-refractivity contribution in [1.29, 1.82) is 0 Å². The molecule has 0 fully saturated rings. The number of anilines is 1. The van der Waals surface area contributed by atoms with Gasteiger partial charge < -0.3 is 15.2 Å². The molecule has 0 radical (unpaired) electrons. The number of carbonyl (C=O) groups is 1. The third-order valence-electron chi connectivity index (χ3n) is 2.71. The van der Waals surface area contributed by atoms with Gasteiger partial charge in [0, 0.05) is 13.4 Å². The van der Waals surface area contributed by atoms with E-state index in [0.717, 1.165) is 4.47 Å². The van der Waals surface area contributed by atoms with Gasteiger partial charge in [-0.3, -0.25) is 4.79 Å². The van der Waals surface area contributed by atoms with Crippen molar-refractivity contribution >= 4 is 59.4 Å². The highest BCUT2D eigenvalue weighted by Gasteiger charge is 2.17. The zero-order valence-corrected chi connectivity index (χ0v) is 15.5. The number of aromatic hydroxyl groups is 1. The van der Waals surface area contributed by atoms with Crippen molar-refractivity contribution in [3.63, 3.8) is 0 Å². The van der Waals surface area contributed by atoms with E-state index in [2.05, 4.69) is 53.1 Å². The molecule has 2 rings (SSSR count). The van der Waals surface area contributed by atoms with Crippen molar-refractivity contribution in [3.05, 3.63) is 49.3 Å². The molecule has 0 aromatic heterocycles. The number of rotatable bonds is 3. The molecule has 0 aliphatic heterocycles. The molecule has 7 heteroatoms. The van der Waals surface area contributed by atoms with Gasteiger partial charge in [0.15, 0.2) is 11.5 Å². The molecule has 0 unspecified atom stereocenters. The summed E-state index contributed by atoms with van der Waals surface area (Å²) < 4.78 is 7.27. The molecule has 2 aromatic rings. The van der Waals surface area contributed by atoms with Crippen LogP contribution >= 0.6 is 47.8 Å². The number of para-hydroxylation sites is 1. The van der Waals surface area contributed by atoms with Crippen molar-refractivity contribution in [2.45, 2.75) is 0 Å². The van der Waals surface area contributed by atoms with Gasteiger partial charge in [0.2, 0.25) is 0 Å². The maximum absolute atomic E-state index is 12.3. The molecule has 110 valence electrons. The smallest absolute Gasteiger partial charge is 0.259 e. The minimum Gasteiger partial charge on any atom is -0.504 e. The second-order valence-corrected chi connectivity index (χ2v) is 6.68. The van der Waals surface area contributed by atoms with Gasteiger partial charge in [-0.2, -0.15) is 0 Å². The molecule has 0 heterocycles. The van der Waals surface area contributed by atoms with Crippen LogP contribution in [-0.2, 0) is 0 Å². The first-order chi connectivity index (χ1) is 9.93. The zero-order valence-electron chi connectivity index (χ0n) is 10.8. The van der Waals surface area contributed by atoms with E-state index < -0.39 is 5.91 Å². The molecule has 0 saturated heterocycles. The van der Waals surface area contributed by atoms with E-state index in [1.807, 2.05) is 12.1 Å². The predicted octanol–water partition coefficient (Wildman–Crippen LogP) is 4.94. The molecule has 2 N–H and O–H groups in total. The molecule has 0 spiro atoms. The lowest BCUT2D eigenvalue weighted by molar-refractivity contribution is 0.102. The van der Waals surface area contributed by atoms with E-state index in [-0.39, 0.29) is 17.1 Å². The van der Waals surface area contributed by atoms with E-state index in [9.17, 15) is 9.90 Å². The first-order valence-electron chi connectivity index (χ1n) is 5.76. The number of hydrogen-bond donors (Lipinski definition) is 2. The lowest BCUT2D eigenvalue weighted by Gasteiger charge is -2.12. The topological polar surface area (TPSA) is 58.6 Å². The van der Waals surface area contributed by atoms with Gasteiger partial charge in [0.25, 0.3) is 5.91 Å². The zero-order chi connectivity index (χ0) is 15.6. The third kappa shape index (κ3) is 3.59. The van der Waals surface area contributed by atoms with Crippen LogP contribution in [-0.4, -0.2) is 18.1 Å². The van der Waals surface area contributed by atoms with E-state index in [1.54, 1.807) is 12.1 Å². The Bertz CT molecular complexity index is 681. The van der Waals surface area contributed by atoms with Crippen molar-refractivity contribution in [2.24, 2.45) is 0 Å². The van der Waals surface area contributed by atoms with Crippen LogP contribution in [0.15, 0.2) is 43.7 Å². The Balaban J connectivity index is 2.35. The van der Waals surface area contributed by atoms with Gasteiger partial charge in [-0.1, -0.05) is 22.0 Å². The molecule has 0 aliphatic rings. The predicted molar refractivity (Wildman–Crippen MR) is 92.2 cm³/mol. The Labute approximate surface area is 146 Å². The lowest BCUT2D eigenvalue weighted by atomic mass is 10.1. The van der Waals surface area contributed by atoms with Crippen LogP contribution in [0.25, 0.3) is 0 Å². The van der Waals surface area contributed by atoms with E-state index in [0.29, 0.717) is 14.6 Å². The molecule has 4 nitrogen and oxygen atoms in total. The summed E-state index contributed by atoms with van der Waals surface area (Å²) in [5, 5.41) is 12.7. The summed E-state index contributed by atoms with van der Waals surface area (Å²) in [7, 11) is 1.43. The summed E-state index contributed by atoms with van der Waals surface area (Å²) in [6, 6.07) is 8.36. The fourth-order valence-electron chi connectivity index (χ4n) is 1.71. The number of carbonyl (C=O) groups excluding carboxylic acids is 1. The maximum atomic E-state index is 12.3. The highest BCUT2D eigenvalue weighted by molar-refractivity contribution is 9.11. The highest BCUT2D eigenvalue weighted by atomic mass is 79.9. The maximum Gasteiger partial charge on any atom is 0.259 e. The molecular formula is C14H10Br3NO3. The Kier molecular flexibility index (Phi) is 5.29. The summed E-state index contributed by atoms with van der Waals surface area (Å²) in [5.41, 5.74) is 0.710. The summed E-state index contributed by atoms with van der Waals surface area (Å²) in [4.78, 5) is 12.3. The van der Waals surface area contributed by atoms with Crippen LogP contribution in [0.1, 0.15) is 10.4 Å². The SMILES string of the molecule is COc1cccc(C(=O)Nc2c(Br)cc(Br)cc2Br)c1O. The van der Waals surface area contributed by atoms with Crippen molar-refractivity contribution in [3.8, 4) is 11.5 Å². The fourth-order valence-corrected chi connectivity index (χ4v) is 4.17. The fraction of sp³-hybridized carbons (Fsp3) is 0.0714. The van der Waals surface area contributed by atoms with Crippen LogP contribution < -0.4 is 10.1 Å². The Hall–Kier alpha value is -1.05. The molecule has 21 heavy (non-hydrogen) atoms. The standard InChI is InChI=1S/C14H10Br3NO3/c1-21-11-4-2-3-8(13(11)19)14(20)18-12-9(16)5-7(15)6-10(12)17/h2-6,19H,1H3,(H,18,20). The van der Waals surface area contributed by atoms with Crippen LogP contribution in [0.5, 0.6) is 11.5 Å². The third-order valence-corrected chi connectivity index (χ3v) is 4.42. The molecule has 0 saturated carbocycles. The second-order valence-electron chi connectivity index (χ2n) is 4.05. The first kappa shape index (κ1) is 16.3. The van der Waals surface area contributed by atoms with E-state index >= 15 is 0 Å². The number of amides is 1. The minimum atomic E-state index is -0.435. The Morgan fingerprint density at radius 2 is 1.81 bits per heavy atom. The first-order valence-corrected chi connectivity index (χ1v) is 8.13. The number of methoxy groups -OCH3 is 1. The summed E-state index contributed by atoms with van der Waals surface area (Å²) in [6.45, 7) is 0. The molecule has 0 bridgehead atoms. The average molecular weight is 480 g/mol. The number of nitrogens with one attached hydrogen (secondary N) is 1. The number of phenols is 1. The van der Waals surface area contributed by atoms with Crippen LogP contribution in [0.3, 0.4) is 0 Å². The minimum absolute atomic E-state index is 0.135. The van der Waals surface area contributed by atoms with Gasteiger partial charge in [-0.25, -0.2) is 0 Å². The molecule has 0 atom stereocenters. The normalized spacial score (nSPS) is 10.3. The molecular weight excluding hydrogens is 470 g/mol. The number of hydrogen-bond acceptors (Lipinski definition) is 3. The van der Waals surface area contributed by atoms with Gasteiger partial charge in [-0.05, 0) is 56.1 Å². The van der Waals surface area contributed by atoms with Crippen molar-refractivity contribution < 1.29 is 14.6 Å². The Morgan fingerprint density at radius 3 is 2.38 bits per heavy atom. The largest absolute Gasteiger partial charge is 0.504 e. The summed E-state index contributed by atoms with van der Waals surface area (Å²) in [5.74, 6) is -0.381. The highest BCUT2D eigenvalue weighted by Crippen LogP contribution is 2.36. The van der Waals surface area contributed by atoms with Crippen molar-refractivity contribution in [1.82, 2.24) is 0 Å². The van der Waals surface area contributed by atoms with Crippen LogP contribution in [0.2, 0.25) is 0 Å². The van der Waals surface area contributed by atoms with Gasteiger partial charge >= 0.3 is 0 Å². The molecule has 1 amide bonds.